The van der Waals surface area contributed by atoms with Crippen molar-refractivity contribution in [2.45, 2.75) is 0 Å². The number of methoxy groups -OCH3 is 1. The van der Waals surface area contributed by atoms with E-state index in [0.29, 0.717) is 0 Å². The summed E-state index contributed by atoms with van der Waals surface area (Å²) in [7, 11) is 1.42. The number of nitrogens with zero attached hydrogens (tertiary/aromatic N) is 2. The molecule has 0 bridgehead atoms. The van der Waals surface area contributed by atoms with E-state index in [1.165, 1.54) is 7.11 Å². The average molecular weight is 271 g/mol. The summed E-state index contributed by atoms with van der Waals surface area (Å²) in [6, 6.07) is 3.87. The molecule has 1 fully saturated rings. The minimum absolute atomic E-state index is 0.0157. The lowest BCUT2D eigenvalue weighted by atomic mass is 10.00. The third-order valence-electron chi connectivity index (χ3n) is 2.49. The molecule has 0 spiro atoms. The normalized spacial score (nSPS) is 16.0. The molecule has 1 aromatic heterocycles. The highest BCUT2D eigenvalue weighted by atomic mass is 79.9. The number of carbonyl (C=O) groups is 1. The Balaban J connectivity index is 1.97. The summed E-state index contributed by atoms with van der Waals surface area (Å²) in [5.74, 6) is -0.110. The molecule has 0 atom stereocenters. The third kappa shape index (κ3) is 2.12. The quantitative estimate of drug-likeness (QED) is 0.603. The van der Waals surface area contributed by atoms with Crippen LogP contribution in [-0.2, 0) is 9.53 Å². The van der Waals surface area contributed by atoms with Crippen LogP contribution in [0.2, 0.25) is 0 Å². The zero-order chi connectivity index (χ0) is 10.8. The maximum atomic E-state index is 11.2. The van der Waals surface area contributed by atoms with Gasteiger partial charge >= 0.3 is 5.97 Å². The molecule has 4 nitrogen and oxygen atoms in total. The molecule has 0 aromatic carbocycles. The van der Waals surface area contributed by atoms with Crippen molar-refractivity contribution in [3.05, 3.63) is 22.9 Å². The van der Waals surface area contributed by atoms with E-state index in [-0.39, 0.29) is 11.9 Å². The van der Waals surface area contributed by atoms with Gasteiger partial charge in [-0.25, -0.2) is 4.98 Å². The summed E-state index contributed by atoms with van der Waals surface area (Å²) in [5.41, 5.74) is 1.08. The van der Waals surface area contributed by atoms with E-state index < -0.39 is 0 Å². The molecule has 2 heterocycles. The van der Waals surface area contributed by atoms with Crippen molar-refractivity contribution in [1.29, 1.82) is 0 Å². The first-order valence-corrected chi connectivity index (χ1v) is 5.44. The maximum Gasteiger partial charge on any atom is 0.312 e. The van der Waals surface area contributed by atoms with Gasteiger partial charge < -0.3 is 9.64 Å². The molecule has 15 heavy (non-hydrogen) atoms. The molecule has 1 aliphatic rings. The second kappa shape index (κ2) is 4.18. The van der Waals surface area contributed by atoms with E-state index in [9.17, 15) is 4.79 Å². The molecule has 1 aliphatic heterocycles. The fourth-order valence-electron chi connectivity index (χ4n) is 1.59. The van der Waals surface area contributed by atoms with Crippen LogP contribution in [0.3, 0.4) is 0 Å². The summed E-state index contributed by atoms with van der Waals surface area (Å²) in [5, 5.41) is 0. The van der Waals surface area contributed by atoms with Gasteiger partial charge in [-0.3, -0.25) is 4.79 Å². The van der Waals surface area contributed by atoms with Crippen molar-refractivity contribution < 1.29 is 9.53 Å². The molecule has 0 N–H and O–H groups in total. The lowest BCUT2D eigenvalue weighted by molar-refractivity contribution is -0.146. The Morgan fingerprint density at radius 3 is 3.00 bits per heavy atom. The molecule has 2 rings (SSSR count). The predicted molar refractivity (Wildman–Crippen MR) is 59.7 cm³/mol. The highest BCUT2D eigenvalue weighted by Gasteiger charge is 2.33. The van der Waals surface area contributed by atoms with Crippen LogP contribution in [0.5, 0.6) is 0 Å². The molecule has 0 aliphatic carbocycles. The van der Waals surface area contributed by atoms with Crippen molar-refractivity contribution in [1.82, 2.24) is 4.98 Å². The molecule has 0 radical (unpaired) electrons. The molecule has 1 aromatic rings. The SMILES string of the molecule is COC(=O)C1CN(c2ccnc(Br)c2)C1. The van der Waals surface area contributed by atoms with Gasteiger partial charge in [-0.05, 0) is 28.1 Å². The minimum Gasteiger partial charge on any atom is -0.469 e. The Labute approximate surface area is 96.4 Å². The van der Waals surface area contributed by atoms with Crippen LogP contribution in [0.4, 0.5) is 5.69 Å². The van der Waals surface area contributed by atoms with Gasteiger partial charge in [-0.2, -0.15) is 0 Å². The first kappa shape index (κ1) is 10.4. The standard InChI is InChI=1S/C10H11BrN2O2/c1-15-10(14)7-5-13(6-7)8-2-3-12-9(11)4-8/h2-4,7H,5-6H2,1H3. The smallest absolute Gasteiger partial charge is 0.312 e. The number of rotatable bonds is 2. The van der Waals surface area contributed by atoms with Gasteiger partial charge in [-0.15, -0.1) is 0 Å². The van der Waals surface area contributed by atoms with Gasteiger partial charge in [0.25, 0.3) is 0 Å². The topological polar surface area (TPSA) is 42.4 Å². The first-order valence-electron chi connectivity index (χ1n) is 4.65. The van der Waals surface area contributed by atoms with Gasteiger partial charge in [0, 0.05) is 25.0 Å². The number of halogens is 1. The Morgan fingerprint density at radius 2 is 2.40 bits per heavy atom. The molecule has 0 saturated carbocycles. The van der Waals surface area contributed by atoms with Crippen molar-refractivity contribution >= 4 is 27.6 Å². The zero-order valence-corrected chi connectivity index (χ0v) is 9.90. The number of esters is 1. The van der Waals surface area contributed by atoms with Crippen LogP contribution < -0.4 is 4.90 Å². The van der Waals surface area contributed by atoms with Crippen LogP contribution in [0.1, 0.15) is 0 Å². The summed E-state index contributed by atoms with van der Waals surface area (Å²) in [4.78, 5) is 17.3. The zero-order valence-electron chi connectivity index (χ0n) is 8.31. The van der Waals surface area contributed by atoms with E-state index in [1.807, 2.05) is 12.1 Å². The Bertz CT molecular complexity index is 377. The third-order valence-corrected chi connectivity index (χ3v) is 2.93. The Morgan fingerprint density at radius 1 is 1.67 bits per heavy atom. The predicted octanol–water partition coefficient (Wildman–Crippen LogP) is 1.45. The molecular formula is C10H11BrN2O2. The molecule has 0 unspecified atom stereocenters. The van der Waals surface area contributed by atoms with Crippen molar-refractivity contribution in [3.63, 3.8) is 0 Å². The van der Waals surface area contributed by atoms with Crippen LogP contribution >= 0.6 is 15.9 Å². The number of anilines is 1. The molecule has 0 amide bonds. The van der Waals surface area contributed by atoms with Gasteiger partial charge in [0.2, 0.25) is 0 Å². The van der Waals surface area contributed by atoms with Gasteiger partial charge in [0.15, 0.2) is 0 Å². The fraction of sp³-hybridized carbons (Fsp3) is 0.400. The summed E-state index contributed by atoms with van der Waals surface area (Å²) < 4.78 is 5.48. The summed E-state index contributed by atoms with van der Waals surface area (Å²) in [6.45, 7) is 1.45. The molecular weight excluding hydrogens is 260 g/mol. The van der Waals surface area contributed by atoms with Crippen molar-refractivity contribution in [2.24, 2.45) is 5.92 Å². The van der Waals surface area contributed by atoms with Gasteiger partial charge in [-0.1, -0.05) is 0 Å². The lowest BCUT2D eigenvalue weighted by Crippen LogP contribution is -2.50. The summed E-state index contributed by atoms with van der Waals surface area (Å²) in [6.07, 6.45) is 1.74. The minimum atomic E-state index is -0.126. The Kier molecular flexibility index (Phi) is 2.90. The van der Waals surface area contributed by atoms with Gasteiger partial charge in [0.1, 0.15) is 4.60 Å². The van der Waals surface area contributed by atoms with E-state index in [0.717, 1.165) is 23.4 Å². The lowest BCUT2D eigenvalue weighted by Gasteiger charge is -2.39. The van der Waals surface area contributed by atoms with E-state index >= 15 is 0 Å². The van der Waals surface area contributed by atoms with Crippen molar-refractivity contribution in [2.75, 3.05) is 25.1 Å². The highest BCUT2D eigenvalue weighted by molar-refractivity contribution is 9.10. The first-order chi connectivity index (χ1) is 7.20. The fourth-order valence-corrected chi connectivity index (χ4v) is 1.95. The number of carbonyl (C=O) groups excluding carboxylic acids is 1. The van der Waals surface area contributed by atoms with Gasteiger partial charge in [0.05, 0.1) is 13.0 Å². The van der Waals surface area contributed by atoms with Crippen molar-refractivity contribution in [3.8, 4) is 0 Å². The number of hydrogen-bond donors (Lipinski definition) is 0. The van der Waals surface area contributed by atoms with Crippen LogP contribution in [0.25, 0.3) is 0 Å². The number of pyridine rings is 1. The highest BCUT2D eigenvalue weighted by Crippen LogP contribution is 2.26. The van der Waals surface area contributed by atoms with E-state index in [1.54, 1.807) is 6.20 Å². The molecule has 5 heteroatoms. The Hall–Kier alpha value is -1.10. The second-order valence-electron chi connectivity index (χ2n) is 3.46. The summed E-state index contributed by atoms with van der Waals surface area (Å²) >= 11 is 3.31. The average Bonchev–Trinajstić information content (AvgIpc) is 2.15. The van der Waals surface area contributed by atoms with Crippen LogP contribution in [0.15, 0.2) is 22.9 Å². The van der Waals surface area contributed by atoms with Crippen LogP contribution in [0, 0.1) is 5.92 Å². The monoisotopic (exact) mass is 270 g/mol. The number of hydrogen-bond acceptors (Lipinski definition) is 4. The van der Waals surface area contributed by atoms with E-state index in [2.05, 4.69) is 30.6 Å². The molecule has 1 saturated heterocycles. The second-order valence-corrected chi connectivity index (χ2v) is 4.27. The number of aromatic nitrogens is 1. The molecule has 80 valence electrons. The van der Waals surface area contributed by atoms with Crippen LogP contribution in [-0.4, -0.2) is 31.2 Å². The largest absolute Gasteiger partial charge is 0.469 e. The number of ether oxygens (including phenoxy) is 1. The maximum absolute atomic E-state index is 11.2. The van der Waals surface area contributed by atoms with E-state index in [4.69, 9.17) is 0 Å².